The van der Waals surface area contributed by atoms with E-state index in [1.165, 1.54) is 6.20 Å². The number of amides is 2. The summed E-state index contributed by atoms with van der Waals surface area (Å²) in [5, 5.41) is 18.4. The number of hydrogen-bond donors (Lipinski definition) is 4. The third-order valence-corrected chi connectivity index (χ3v) is 7.43. The molecule has 0 spiro atoms. The maximum absolute atomic E-state index is 13.4. The molecule has 13 heteroatoms. The van der Waals surface area contributed by atoms with Crippen molar-refractivity contribution in [2.24, 2.45) is 0 Å². The summed E-state index contributed by atoms with van der Waals surface area (Å²) in [4.78, 5) is 38.5. The molecule has 0 aliphatic carbocycles. The van der Waals surface area contributed by atoms with Crippen molar-refractivity contribution in [2.45, 2.75) is 0 Å². The van der Waals surface area contributed by atoms with Crippen molar-refractivity contribution in [3.8, 4) is 11.4 Å². The Labute approximate surface area is 254 Å². The Morgan fingerprint density at radius 3 is 2.56 bits per heavy atom. The Bertz CT molecular complexity index is 1600. The lowest BCUT2D eigenvalue weighted by molar-refractivity contribution is 0.0607. The third kappa shape index (κ3) is 6.72. The minimum Gasteiger partial charge on any atom is -0.494 e. The number of piperazine rings is 1. The Morgan fingerprint density at radius 2 is 1.81 bits per heavy atom. The molecule has 4 N–H and O–H groups in total. The zero-order valence-corrected chi connectivity index (χ0v) is 24.6. The number of aromatic nitrogens is 3. The van der Waals surface area contributed by atoms with E-state index < -0.39 is 0 Å². The lowest BCUT2D eigenvalue weighted by Crippen LogP contribution is -2.49. The van der Waals surface area contributed by atoms with Gasteiger partial charge in [-0.25, -0.2) is 4.98 Å². The number of nitrogens with zero attached hydrogens (tertiary/aromatic N) is 5. The molecular weight excluding hydrogens is 572 g/mol. The van der Waals surface area contributed by atoms with Crippen LogP contribution in [-0.2, 0) is 0 Å². The maximum atomic E-state index is 13.4. The van der Waals surface area contributed by atoms with Gasteiger partial charge in [-0.3, -0.25) is 14.5 Å². The highest BCUT2D eigenvalue weighted by atomic mass is 35.5. The Morgan fingerprint density at radius 1 is 1.02 bits per heavy atom. The quantitative estimate of drug-likeness (QED) is 0.214. The van der Waals surface area contributed by atoms with Crippen LogP contribution in [0.25, 0.3) is 5.69 Å². The number of nitrogens with one attached hydrogen (secondary N) is 3. The molecule has 0 atom stereocenters. The van der Waals surface area contributed by atoms with Gasteiger partial charge in [-0.05, 0) is 36.4 Å². The van der Waals surface area contributed by atoms with Gasteiger partial charge in [0.1, 0.15) is 16.5 Å². The first-order valence-corrected chi connectivity index (χ1v) is 14.2. The summed E-state index contributed by atoms with van der Waals surface area (Å²) in [5.41, 5.74) is 2.88. The number of carbonyl (C=O) groups excluding carboxylic acids is 2. The fourth-order valence-corrected chi connectivity index (χ4v) is 5.02. The zero-order chi connectivity index (χ0) is 30.3. The zero-order valence-electron chi connectivity index (χ0n) is 23.9. The van der Waals surface area contributed by atoms with Gasteiger partial charge >= 0.3 is 0 Å². The first kappa shape index (κ1) is 29.8. The number of halogens is 1. The standard InChI is InChI=1S/C30H33ClN8O4/c1-32-28(41)21-6-3-4-7-23(21)34-27-22(31)19-33-30(36-27)35-24-10-9-20(18-26(24)43-2)39-11-5-8-25(39)29(42)38-14-12-37(13-15-38)16-17-40/h3-11,18-19,40H,12-17H2,1-2H3,(H,32,41)(H2,33,34,35,36). The molecular formula is C30H33ClN8O4. The molecule has 2 aromatic carbocycles. The molecule has 0 unspecified atom stereocenters. The summed E-state index contributed by atoms with van der Waals surface area (Å²) in [6.45, 7) is 3.39. The molecule has 0 bridgehead atoms. The van der Waals surface area contributed by atoms with Gasteiger partial charge in [-0.2, -0.15) is 4.98 Å². The molecule has 224 valence electrons. The first-order valence-electron chi connectivity index (χ1n) is 13.8. The fourth-order valence-electron chi connectivity index (χ4n) is 4.88. The fraction of sp³-hybridized carbons (Fsp3) is 0.267. The maximum Gasteiger partial charge on any atom is 0.270 e. The van der Waals surface area contributed by atoms with Crippen molar-refractivity contribution in [2.75, 3.05) is 64.1 Å². The van der Waals surface area contributed by atoms with Gasteiger partial charge in [0.05, 0.1) is 36.9 Å². The van der Waals surface area contributed by atoms with Crippen LogP contribution in [-0.4, -0.2) is 94.7 Å². The van der Waals surface area contributed by atoms with Crippen LogP contribution < -0.4 is 20.7 Å². The molecule has 1 aliphatic heterocycles. The van der Waals surface area contributed by atoms with Crippen molar-refractivity contribution in [3.05, 3.63) is 83.3 Å². The van der Waals surface area contributed by atoms with Crippen LogP contribution in [0.3, 0.4) is 0 Å². The van der Waals surface area contributed by atoms with Crippen LogP contribution in [0.1, 0.15) is 20.8 Å². The number of rotatable bonds is 10. The van der Waals surface area contributed by atoms with Gasteiger partial charge in [-0.15, -0.1) is 0 Å². The minimum absolute atomic E-state index is 0.0533. The van der Waals surface area contributed by atoms with E-state index in [2.05, 4.69) is 30.8 Å². The number of β-amino-alcohol motifs (C(OH)–C–C–N with tert-alkyl or cyclic N) is 1. The molecule has 1 saturated heterocycles. The number of aliphatic hydroxyl groups excluding tert-OH is 1. The molecule has 3 heterocycles. The molecule has 1 aliphatic rings. The van der Waals surface area contributed by atoms with Crippen molar-refractivity contribution in [3.63, 3.8) is 0 Å². The van der Waals surface area contributed by atoms with Crippen molar-refractivity contribution < 1.29 is 19.4 Å². The number of benzene rings is 2. The highest BCUT2D eigenvalue weighted by molar-refractivity contribution is 6.33. The Balaban J connectivity index is 1.34. The summed E-state index contributed by atoms with van der Waals surface area (Å²) < 4.78 is 7.51. The van der Waals surface area contributed by atoms with E-state index in [4.69, 9.17) is 16.3 Å². The van der Waals surface area contributed by atoms with E-state index in [1.54, 1.807) is 44.5 Å². The van der Waals surface area contributed by atoms with Gasteiger partial charge in [-0.1, -0.05) is 23.7 Å². The number of ether oxygens (including phenoxy) is 1. The van der Waals surface area contributed by atoms with E-state index in [-0.39, 0.29) is 29.4 Å². The first-order chi connectivity index (χ1) is 20.9. The lowest BCUT2D eigenvalue weighted by Gasteiger charge is -2.34. The highest BCUT2D eigenvalue weighted by Crippen LogP contribution is 2.32. The van der Waals surface area contributed by atoms with Crippen LogP contribution in [0, 0.1) is 0 Å². The number of para-hydroxylation sites is 1. The average molecular weight is 605 g/mol. The van der Waals surface area contributed by atoms with Gasteiger partial charge in [0.2, 0.25) is 5.95 Å². The van der Waals surface area contributed by atoms with E-state index in [9.17, 15) is 14.7 Å². The second kappa shape index (κ2) is 13.6. The molecule has 4 aromatic rings. The lowest BCUT2D eigenvalue weighted by atomic mass is 10.1. The summed E-state index contributed by atoms with van der Waals surface area (Å²) in [6, 6.07) is 16.2. The summed E-state index contributed by atoms with van der Waals surface area (Å²) in [5.74, 6) is 0.790. The number of anilines is 4. The van der Waals surface area contributed by atoms with E-state index in [0.717, 1.165) is 18.8 Å². The van der Waals surface area contributed by atoms with Gasteiger partial charge in [0.25, 0.3) is 11.8 Å². The van der Waals surface area contributed by atoms with Gasteiger partial charge in [0.15, 0.2) is 5.82 Å². The van der Waals surface area contributed by atoms with Crippen LogP contribution in [0.15, 0.2) is 67.0 Å². The van der Waals surface area contributed by atoms with Crippen LogP contribution >= 0.6 is 11.6 Å². The molecule has 2 aromatic heterocycles. The smallest absolute Gasteiger partial charge is 0.270 e. The van der Waals surface area contributed by atoms with Crippen LogP contribution in [0.2, 0.25) is 5.02 Å². The monoisotopic (exact) mass is 604 g/mol. The normalized spacial score (nSPS) is 13.4. The molecule has 5 rings (SSSR count). The second-order valence-electron chi connectivity index (χ2n) is 9.77. The number of methoxy groups -OCH3 is 1. The van der Waals surface area contributed by atoms with Crippen molar-refractivity contribution >= 4 is 46.6 Å². The van der Waals surface area contributed by atoms with E-state index in [1.807, 2.05) is 39.9 Å². The predicted octanol–water partition coefficient (Wildman–Crippen LogP) is 3.53. The topological polar surface area (TPSA) is 137 Å². The van der Waals surface area contributed by atoms with Crippen LogP contribution in [0.5, 0.6) is 5.75 Å². The third-order valence-electron chi connectivity index (χ3n) is 7.15. The van der Waals surface area contributed by atoms with Crippen molar-refractivity contribution in [1.29, 1.82) is 0 Å². The summed E-state index contributed by atoms with van der Waals surface area (Å²) in [7, 11) is 3.12. The number of aliphatic hydroxyl groups is 1. The second-order valence-corrected chi connectivity index (χ2v) is 10.2. The van der Waals surface area contributed by atoms with Gasteiger partial charge in [0, 0.05) is 57.7 Å². The largest absolute Gasteiger partial charge is 0.494 e. The molecule has 1 fully saturated rings. The minimum atomic E-state index is -0.246. The molecule has 12 nitrogen and oxygen atoms in total. The predicted molar refractivity (Wildman–Crippen MR) is 165 cm³/mol. The highest BCUT2D eigenvalue weighted by Gasteiger charge is 2.24. The van der Waals surface area contributed by atoms with E-state index in [0.29, 0.717) is 53.8 Å². The molecule has 2 amide bonds. The summed E-state index contributed by atoms with van der Waals surface area (Å²) in [6.07, 6.45) is 3.30. The summed E-state index contributed by atoms with van der Waals surface area (Å²) >= 11 is 6.38. The van der Waals surface area contributed by atoms with Crippen molar-refractivity contribution in [1.82, 2.24) is 29.7 Å². The number of hydrogen-bond acceptors (Lipinski definition) is 9. The van der Waals surface area contributed by atoms with Gasteiger partial charge < -0.3 is 35.3 Å². The Hall–Kier alpha value is -4.65. The SMILES string of the molecule is CNC(=O)c1ccccc1Nc1nc(Nc2ccc(-n3cccc3C(=O)N3CCN(CCO)CC3)cc2OC)ncc1Cl. The average Bonchev–Trinajstić information content (AvgIpc) is 3.53. The molecule has 43 heavy (non-hydrogen) atoms. The van der Waals surface area contributed by atoms with Crippen LogP contribution in [0.4, 0.5) is 23.1 Å². The molecule has 0 saturated carbocycles. The molecule has 0 radical (unpaired) electrons. The Kier molecular flexibility index (Phi) is 9.40. The van der Waals surface area contributed by atoms with E-state index >= 15 is 0 Å². The number of carbonyl (C=O) groups is 2.